The predicted molar refractivity (Wildman–Crippen MR) is 163 cm³/mol. The summed E-state index contributed by atoms with van der Waals surface area (Å²) in [5.41, 5.74) is 1.00. The summed E-state index contributed by atoms with van der Waals surface area (Å²) < 4.78 is 38.8. The van der Waals surface area contributed by atoms with E-state index in [1.807, 2.05) is 20.1 Å². The second kappa shape index (κ2) is 14.2. The fourth-order valence-corrected chi connectivity index (χ4v) is 9.28. The van der Waals surface area contributed by atoms with E-state index < -0.39 is 22.4 Å². The van der Waals surface area contributed by atoms with Crippen molar-refractivity contribution in [2.24, 2.45) is 17.3 Å². The second-order valence-corrected chi connectivity index (χ2v) is 15.0. The summed E-state index contributed by atoms with van der Waals surface area (Å²) in [7, 11) is -0.726. The Morgan fingerprint density at radius 2 is 1.60 bits per heavy atom. The normalized spacial score (nSPS) is 31.6. The number of amides is 1. The Balaban J connectivity index is 0.000000209. The lowest BCUT2D eigenvalue weighted by molar-refractivity contribution is -0.125. The van der Waals surface area contributed by atoms with Crippen molar-refractivity contribution in [3.8, 4) is 0 Å². The zero-order chi connectivity index (χ0) is 29.7. The van der Waals surface area contributed by atoms with Crippen LogP contribution in [0.3, 0.4) is 0 Å². The lowest BCUT2D eigenvalue weighted by Crippen LogP contribution is -2.52. The molecule has 1 saturated carbocycles. The zero-order valence-electron chi connectivity index (χ0n) is 26.1. The highest BCUT2D eigenvalue weighted by Crippen LogP contribution is 2.53. The summed E-state index contributed by atoms with van der Waals surface area (Å²) in [6.45, 7) is 14.5. The Bertz CT molecular complexity index is 977. The summed E-state index contributed by atoms with van der Waals surface area (Å²) in [4.78, 5) is 15.7. The van der Waals surface area contributed by atoms with E-state index in [-0.39, 0.29) is 16.9 Å². The third-order valence-corrected chi connectivity index (χ3v) is 10.9. The standard InChI is InChI=1S/C16H27NO2S.C15H21F2N.C2H6/c1-20(19)11-16(13-5-3-2-4-6-13)9-14-7-8-15(10-16)17(14)12-18;1-10-8-18(15(2,3)4)9-13(10)12-6-5-11(16)7-14(12)17;1-2/h12-15H,2-11H2,1H3;5-7,10,13H,8-9H2,1-4H3;1-2H3. The molecule has 3 heterocycles. The molecular weight excluding hydrogens is 526 g/mol. The molecule has 0 N–H and O–H groups in total. The van der Waals surface area contributed by atoms with Gasteiger partial charge in [-0.15, -0.1) is 0 Å². The number of hydrogen-bond donors (Lipinski definition) is 0. The average Bonchev–Trinajstić information content (AvgIpc) is 3.42. The molecule has 228 valence electrons. The number of carbonyl (C=O) groups excluding carboxylic acids is 1. The molecule has 0 aromatic heterocycles. The van der Waals surface area contributed by atoms with Crippen molar-refractivity contribution in [3.05, 3.63) is 35.4 Å². The van der Waals surface area contributed by atoms with Crippen LogP contribution in [0.15, 0.2) is 18.2 Å². The van der Waals surface area contributed by atoms with Crippen LogP contribution in [0.5, 0.6) is 0 Å². The topological polar surface area (TPSA) is 40.6 Å². The molecule has 3 aliphatic heterocycles. The van der Waals surface area contributed by atoms with Crippen molar-refractivity contribution in [1.82, 2.24) is 9.80 Å². The molecule has 1 amide bonds. The SMILES string of the molecule is CC.CC1CN(C(C)(C)C)CC1c1ccc(F)cc1F.CS(=O)CC1(C2CCCCC2)CC2CCC(C1)N2C=O. The molecule has 4 aliphatic rings. The molecule has 1 aliphatic carbocycles. The molecule has 2 bridgehead atoms. The minimum Gasteiger partial charge on any atom is -0.339 e. The average molecular weight is 581 g/mol. The Morgan fingerprint density at radius 3 is 2.08 bits per heavy atom. The highest BCUT2D eigenvalue weighted by molar-refractivity contribution is 7.84. The number of likely N-dealkylation sites (tertiary alicyclic amines) is 1. The van der Waals surface area contributed by atoms with Gasteiger partial charge >= 0.3 is 0 Å². The predicted octanol–water partition coefficient (Wildman–Crippen LogP) is 7.54. The Hall–Kier alpha value is -1.34. The minimum absolute atomic E-state index is 0.0967. The van der Waals surface area contributed by atoms with Crippen molar-refractivity contribution in [2.75, 3.05) is 25.1 Å². The van der Waals surface area contributed by atoms with E-state index in [0.29, 0.717) is 23.6 Å². The van der Waals surface area contributed by atoms with Gasteiger partial charge in [0.25, 0.3) is 0 Å². The van der Waals surface area contributed by atoms with Gasteiger partial charge in [-0.05, 0) is 88.2 Å². The van der Waals surface area contributed by atoms with Gasteiger partial charge in [-0.3, -0.25) is 13.9 Å². The number of piperidine rings is 1. The smallest absolute Gasteiger partial charge is 0.210 e. The van der Waals surface area contributed by atoms with E-state index >= 15 is 0 Å². The van der Waals surface area contributed by atoms with Crippen molar-refractivity contribution in [2.45, 2.75) is 123 Å². The summed E-state index contributed by atoms with van der Waals surface area (Å²) in [6, 6.07) is 4.79. The first-order valence-electron chi connectivity index (χ1n) is 15.7. The van der Waals surface area contributed by atoms with Gasteiger partial charge in [-0.25, -0.2) is 8.78 Å². The molecule has 3 saturated heterocycles. The van der Waals surface area contributed by atoms with Gasteiger partial charge < -0.3 is 4.90 Å². The molecule has 7 heteroatoms. The minimum atomic E-state index is -0.726. The fourth-order valence-electron chi connectivity index (χ4n) is 8.00. The van der Waals surface area contributed by atoms with E-state index in [1.165, 1.54) is 38.2 Å². The summed E-state index contributed by atoms with van der Waals surface area (Å²) >= 11 is 0. The number of benzene rings is 1. The van der Waals surface area contributed by atoms with E-state index in [0.717, 1.165) is 62.9 Å². The first-order valence-corrected chi connectivity index (χ1v) is 17.4. The monoisotopic (exact) mass is 580 g/mol. The Labute approximate surface area is 245 Å². The van der Waals surface area contributed by atoms with E-state index in [9.17, 15) is 17.8 Å². The largest absolute Gasteiger partial charge is 0.339 e. The number of carbonyl (C=O) groups is 1. The molecule has 4 nitrogen and oxygen atoms in total. The lowest BCUT2D eigenvalue weighted by atomic mass is 9.63. The molecule has 1 aromatic carbocycles. The van der Waals surface area contributed by atoms with Crippen LogP contribution in [0.1, 0.15) is 111 Å². The van der Waals surface area contributed by atoms with Crippen LogP contribution >= 0.6 is 0 Å². The molecule has 0 spiro atoms. The summed E-state index contributed by atoms with van der Waals surface area (Å²) in [5.74, 6) is 1.24. The van der Waals surface area contributed by atoms with Crippen molar-refractivity contribution >= 4 is 17.2 Å². The molecule has 1 aromatic rings. The summed E-state index contributed by atoms with van der Waals surface area (Å²) in [6.07, 6.45) is 14.1. The van der Waals surface area contributed by atoms with E-state index in [2.05, 4.69) is 37.5 Å². The van der Waals surface area contributed by atoms with Gasteiger partial charge in [0.15, 0.2) is 0 Å². The quantitative estimate of drug-likeness (QED) is 0.338. The molecule has 5 rings (SSSR count). The number of fused-ring (bicyclic) bond motifs is 2. The molecule has 0 radical (unpaired) electrons. The first-order chi connectivity index (χ1) is 18.9. The maximum atomic E-state index is 13.8. The van der Waals surface area contributed by atoms with Gasteiger partial charge in [0.2, 0.25) is 6.41 Å². The number of nitrogens with zero attached hydrogens (tertiary/aromatic N) is 2. The number of hydrogen-bond acceptors (Lipinski definition) is 3. The Morgan fingerprint density at radius 1 is 1.00 bits per heavy atom. The van der Waals surface area contributed by atoms with Crippen molar-refractivity contribution < 1.29 is 17.8 Å². The van der Waals surface area contributed by atoms with Crippen LogP contribution < -0.4 is 0 Å². The maximum absolute atomic E-state index is 13.8. The molecule has 5 unspecified atom stereocenters. The maximum Gasteiger partial charge on any atom is 0.210 e. The van der Waals surface area contributed by atoms with Crippen molar-refractivity contribution in [3.63, 3.8) is 0 Å². The van der Waals surface area contributed by atoms with Gasteiger partial charge in [0.05, 0.1) is 0 Å². The molecular formula is C33H54F2N2O2S. The third-order valence-electron chi connectivity index (χ3n) is 9.97. The highest BCUT2D eigenvalue weighted by atomic mass is 32.2. The second-order valence-electron chi connectivity index (χ2n) is 13.6. The van der Waals surface area contributed by atoms with Crippen LogP contribution in [0.25, 0.3) is 0 Å². The van der Waals surface area contributed by atoms with Crippen LogP contribution in [0.2, 0.25) is 0 Å². The first kappa shape index (κ1) is 33.2. The molecule has 40 heavy (non-hydrogen) atoms. The number of halogens is 2. The van der Waals surface area contributed by atoms with Crippen LogP contribution in [-0.2, 0) is 15.6 Å². The third kappa shape index (κ3) is 7.73. The van der Waals surface area contributed by atoms with Gasteiger partial charge in [0, 0.05) is 65.5 Å². The lowest BCUT2D eigenvalue weighted by Gasteiger charge is -2.50. The summed E-state index contributed by atoms with van der Waals surface area (Å²) in [5, 5.41) is 0. The van der Waals surface area contributed by atoms with Crippen LogP contribution in [-0.4, -0.2) is 63.1 Å². The van der Waals surface area contributed by atoms with Gasteiger partial charge in [-0.1, -0.05) is 46.1 Å². The molecule has 4 fully saturated rings. The van der Waals surface area contributed by atoms with Crippen LogP contribution in [0.4, 0.5) is 8.78 Å². The van der Waals surface area contributed by atoms with E-state index in [4.69, 9.17) is 0 Å². The fraction of sp³-hybridized carbons (Fsp3) is 0.788. The zero-order valence-corrected chi connectivity index (χ0v) is 26.9. The van der Waals surface area contributed by atoms with E-state index in [1.54, 1.807) is 6.07 Å². The van der Waals surface area contributed by atoms with Crippen molar-refractivity contribution in [1.29, 1.82) is 0 Å². The highest BCUT2D eigenvalue weighted by Gasteiger charge is 2.51. The Kier molecular flexibility index (Phi) is 11.8. The molecule has 5 atom stereocenters. The number of rotatable bonds is 5. The van der Waals surface area contributed by atoms with Gasteiger partial charge in [-0.2, -0.15) is 0 Å². The van der Waals surface area contributed by atoms with Crippen LogP contribution in [0, 0.1) is 28.9 Å². The van der Waals surface area contributed by atoms with Gasteiger partial charge in [0.1, 0.15) is 11.6 Å².